The van der Waals surface area contributed by atoms with Gasteiger partial charge in [0.25, 0.3) is 5.91 Å². The van der Waals surface area contributed by atoms with Crippen molar-refractivity contribution in [1.29, 1.82) is 0 Å². The largest absolute Gasteiger partial charge is 0.452 e. The van der Waals surface area contributed by atoms with Crippen molar-refractivity contribution in [3.8, 4) is 0 Å². The lowest BCUT2D eigenvalue weighted by Gasteiger charge is -2.25. The molecule has 0 saturated carbocycles. The number of hydrogen-bond donors (Lipinski definition) is 2. The van der Waals surface area contributed by atoms with Gasteiger partial charge in [-0.05, 0) is 23.6 Å². The number of fused-ring (bicyclic) bond motifs is 1. The average Bonchev–Trinajstić information content (AvgIpc) is 2.71. The Labute approximate surface area is 174 Å². The van der Waals surface area contributed by atoms with Gasteiger partial charge in [-0.2, -0.15) is 0 Å². The second-order valence-electron chi connectivity index (χ2n) is 7.15. The first-order chi connectivity index (χ1) is 13.9. The van der Waals surface area contributed by atoms with E-state index < -0.39 is 17.3 Å². The number of benzene rings is 2. The lowest BCUT2D eigenvalue weighted by Crippen LogP contribution is -2.41. The van der Waals surface area contributed by atoms with Crippen LogP contribution in [0.1, 0.15) is 25.8 Å². The van der Waals surface area contributed by atoms with E-state index in [2.05, 4.69) is 10.6 Å². The van der Waals surface area contributed by atoms with E-state index in [1.807, 2.05) is 68.4 Å². The van der Waals surface area contributed by atoms with Crippen molar-refractivity contribution in [2.45, 2.75) is 43.1 Å². The summed E-state index contributed by atoms with van der Waals surface area (Å²) in [5, 5.41) is 5.03. The van der Waals surface area contributed by atoms with Crippen molar-refractivity contribution in [2.24, 2.45) is 5.92 Å². The summed E-state index contributed by atoms with van der Waals surface area (Å²) in [4.78, 5) is 38.2. The highest BCUT2D eigenvalue weighted by Crippen LogP contribution is 2.36. The van der Waals surface area contributed by atoms with Crippen molar-refractivity contribution in [2.75, 3.05) is 5.32 Å². The van der Waals surface area contributed by atoms with Gasteiger partial charge in [0.15, 0.2) is 6.10 Å². The lowest BCUT2D eigenvalue weighted by atomic mass is 10.1. The molecule has 2 aromatic rings. The average molecular weight is 413 g/mol. The van der Waals surface area contributed by atoms with Gasteiger partial charge < -0.3 is 15.4 Å². The molecule has 0 aromatic heterocycles. The van der Waals surface area contributed by atoms with E-state index in [9.17, 15) is 14.4 Å². The Morgan fingerprint density at radius 3 is 2.52 bits per heavy atom. The number of rotatable bonds is 7. The third kappa shape index (κ3) is 5.60. The molecule has 1 aliphatic heterocycles. The summed E-state index contributed by atoms with van der Waals surface area (Å²) in [5.41, 5.74) is 1.70. The van der Waals surface area contributed by atoms with Gasteiger partial charge in [0.1, 0.15) is 0 Å². The molecule has 6 nitrogen and oxygen atoms in total. The van der Waals surface area contributed by atoms with Gasteiger partial charge in [0.2, 0.25) is 5.91 Å². The molecule has 2 atom stereocenters. The van der Waals surface area contributed by atoms with E-state index in [1.165, 1.54) is 11.8 Å². The number of carbonyl (C=O) groups excluding carboxylic acids is 3. The summed E-state index contributed by atoms with van der Waals surface area (Å²) in [6.07, 6.45) is -1.00. The highest BCUT2D eigenvalue weighted by Gasteiger charge is 2.32. The zero-order chi connectivity index (χ0) is 20.8. The summed E-state index contributed by atoms with van der Waals surface area (Å²) >= 11 is 1.33. The van der Waals surface area contributed by atoms with Gasteiger partial charge in [-0.15, -0.1) is 11.8 Å². The maximum atomic E-state index is 12.5. The number of carbonyl (C=O) groups is 3. The fourth-order valence-corrected chi connectivity index (χ4v) is 4.04. The van der Waals surface area contributed by atoms with Gasteiger partial charge in [0, 0.05) is 11.4 Å². The predicted molar refractivity (Wildman–Crippen MR) is 112 cm³/mol. The normalized spacial score (nSPS) is 16.5. The number of esters is 1. The molecule has 1 heterocycles. The monoisotopic (exact) mass is 412 g/mol. The molecule has 0 aliphatic carbocycles. The Bertz CT molecular complexity index is 885. The number of thioether (sulfide) groups is 1. The van der Waals surface area contributed by atoms with Crippen LogP contribution in [0.3, 0.4) is 0 Å². The van der Waals surface area contributed by atoms with Crippen LogP contribution < -0.4 is 10.6 Å². The molecule has 0 bridgehead atoms. The Kier molecular flexibility index (Phi) is 6.93. The summed E-state index contributed by atoms with van der Waals surface area (Å²) in [6.45, 7) is 3.99. The summed E-state index contributed by atoms with van der Waals surface area (Å²) < 4.78 is 5.46. The quantitative estimate of drug-likeness (QED) is 0.681. The highest BCUT2D eigenvalue weighted by atomic mass is 32.2. The van der Waals surface area contributed by atoms with E-state index in [4.69, 9.17) is 4.74 Å². The van der Waals surface area contributed by atoms with Gasteiger partial charge in [-0.3, -0.25) is 14.4 Å². The molecule has 0 spiro atoms. The SMILES string of the molecule is CC(C)[C@H](OC(=O)C[C@H]1Sc2ccccc2NC1=O)C(=O)NCc1ccccc1. The van der Waals surface area contributed by atoms with Gasteiger partial charge >= 0.3 is 5.97 Å². The van der Waals surface area contributed by atoms with Crippen molar-refractivity contribution in [3.05, 3.63) is 60.2 Å². The standard InChI is InChI=1S/C22H24N2O4S/c1-14(2)20(22(27)23-13-15-8-4-3-5-9-15)28-19(25)12-18-21(26)24-16-10-6-7-11-17(16)29-18/h3-11,14,18,20H,12-13H2,1-2H3,(H,23,27)(H,24,26)/t18-,20+/m1/s1. The Morgan fingerprint density at radius 1 is 1.10 bits per heavy atom. The molecule has 152 valence electrons. The molecular formula is C22H24N2O4S. The van der Waals surface area contributed by atoms with Crippen molar-refractivity contribution < 1.29 is 19.1 Å². The lowest BCUT2D eigenvalue weighted by molar-refractivity contribution is -0.159. The second kappa shape index (κ2) is 9.60. The third-order valence-corrected chi connectivity index (χ3v) is 5.77. The number of amides is 2. The summed E-state index contributed by atoms with van der Waals surface area (Å²) in [6, 6.07) is 17.0. The smallest absolute Gasteiger partial charge is 0.308 e. The van der Waals surface area contributed by atoms with E-state index in [-0.39, 0.29) is 24.2 Å². The van der Waals surface area contributed by atoms with Crippen LogP contribution in [-0.4, -0.2) is 29.1 Å². The number of hydrogen-bond acceptors (Lipinski definition) is 5. The summed E-state index contributed by atoms with van der Waals surface area (Å²) in [5.74, 6) is -1.34. The molecule has 2 aromatic carbocycles. The van der Waals surface area contributed by atoms with Crippen LogP contribution in [-0.2, 0) is 25.7 Å². The van der Waals surface area contributed by atoms with Gasteiger partial charge in [-0.25, -0.2) is 0 Å². The summed E-state index contributed by atoms with van der Waals surface area (Å²) in [7, 11) is 0. The molecule has 0 unspecified atom stereocenters. The van der Waals surface area contributed by atoms with Crippen LogP contribution in [0, 0.1) is 5.92 Å². The van der Waals surface area contributed by atoms with Crippen LogP contribution in [0.4, 0.5) is 5.69 Å². The third-order valence-electron chi connectivity index (χ3n) is 4.49. The van der Waals surface area contributed by atoms with Crippen molar-refractivity contribution >= 4 is 35.2 Å². The molecule has 2 N–H and O–H groups in total. The molecule has 2 amide bonds. The molecule has 0 saturated heterocycles. The zero-order valence-electron chi connectivity index (χ0n) is 16.4. The highest BCUT2D eigenvalue weighted by molar-refractivity contribution is 8.01. The molecule has 0 radical (unpaired) electrons. The first-order valence-electron chi connectivity index (χ1n) is 9.51. The molecular weight excluding hydrogens is 388 g/mol. The van der Waals surface area contributed by atoms with Crippen molar-refractivity contribution in [1.82, 2.24) is 5.32 Å². The van der Waals surface area contributed by atoms with E-state index in [0.29, 0.717) is 6.54 Å². The molecule has 0 fully saturated rings. The fourth-order valence-electron chi connectivity index (χ4n) is 2.95. The Hall–Kier alpha value is -2.80. The van der Waals surface area contributed by atoms with Gasteiger partial charge in [-0.1, -0.05) is 56.3 Å². The van der Waals surface area contributed by atoms with Crippen LogP contribution in [0.5, 0.6) is 0 Å². The first kappa shape index (κ1) is 20.9. The first-order valence-corrected chi connectivity index (χ1v) is 10.4. The number of nitrogens with one attached hydrogen (secondary N) is 2. The minimum absolute atomic E-state index is 0.0972. The van der Waals surface area contributed by atoms with E-state index in [0.717, 1.165) is 16.1 Å². The Morgan fingerprint density at radius 2 is 1.79 bits per heavy atom. The maximum Gasteiger partial charge on any atom is 0.308 e. The van der Waals surface area contributed by atoms with Crippen LogP contribution in [0.25, 0.3) is 0 Å². The zero-order valence-corrected chi connectivity index (χ0v) is 17.2. The number of anilines is 1. The maximum absolute atomic E-state index is 12.5. The predicted octanol–water partition coefficient (Wildman–Crippen LogP) is 3.37. The van der Waals surface area contributed by atoms with Crippen LogP contribution in [0.2, 0.25) is 0 Å². The van der Waals surface area contributed by atoms with E-state index in [1.54, 1.807) is 0 Å². The van der Waals surface area contributed by atoms with Crippen molar-refractivity contribution in [3.63, 3.8) is 0 Å². The second-order valence-corrected chi connectivity index (χ2v) is 8.40. The number of para-hydroxylation sites is 1. The molecule has 1 aliphatic rings. The van der Waals surface area contributed by atoms with Crippen LogP contribution in [0.15, 0.2) is 59.5 Å². The molecule has 3 rings (SSSR count). The minimum Gasteiger partial charge on any atom is -0.452 e. The Balaban J connectivity index is 1.57. The topological polar surface area (TPSA) is 84.5 Å². The van der Waals surface area contributed by atoms with E-state index >= 15 is 0 Å². The molecule has 29 heavy (non-hydrogen) atoms. The van der Waals surface area contributed by atoms with Crippen LogP contribution >= 0.6 is 11.8 Å². The van der Waals surface area contributed by atoms with Gasteiger partial charge in [0.05, 0.1) is 17.4 Å². The fraction of sp³-hybridized carbons (Fsp3) is 0.318. The number of ether oxygens (including phenoxy) is 1. The molecule has 7 heteroatoms. The minimum atomic E-state index is -0.907.